The number of aryl methyl sites for hydroxylation is 1. The number of hydrogen-bond acceptors (Lipinski definition) is 2. The van der Waals surface area contributed by atoms with Gasteiger partial charge in [0.2, 0.25) is 5.91 Å². The first-order valence-corrected chi connectivity index (χ1v) is 7.39. The van der Waals surface area contributed by atoms with Crippen molar-refractivity contribution in [2.45, 2.75) is 23.9 Å². The van der Waals surface area contributed by atoms with E-state index in [0.29, 0.717) is 17.7 Å². The zero-order valence-electron chi connectivity index (χ0n) is 11.9. The first-order chi connectivity index (χ1) is 10.5. The van der Waals surface area contributed by atoms with Crippen molar-refractivity contribution in [1.82, 2.24) is 5.32 Å². The van der Waals surface area contributed by atoms with Crippen LogP contribution in [0.1, 0.15) is 22.3 Å². The molecule has 0 aliphatic heterocycles. The number of carbonyl (C=O) groups excluding carboxylic acids is 2. The first-order valence-electron chi connectivity index (χ1n) is 6.64. The maximum atomic E-state index is 12.1. The number of anilines is 1. The zero-order chi connectivity index (χ0) is 17.4. The van der Waals surface area contributed by atoms with Crippen LogP contribution in [-0.4, -0.2) is 28.9 Å². The van der Waals surface area contributed by atoms with Gasteiger partial charge >= 0.3 is 6.18 Å². The lowest BCUT2D eigenvalue weighted by atomic mass is 10.1. The van der Waals surface area contributed by atoms with Crippen LogP contribution in [0, 0.1) is 12.8 Å². The van der Waals surface area contributed by atoms with Crippen LogP contribution >= 0.6 is 23.2 Å². The number of amides is 2. The molecule has 4 nitrogen and oxygen atoms in total. The van der Waals surface area contributed by atoms with E-state index in [4.69, 9.17) is 23.2 Å². The molecule has 0 spiro atoms. The third kappa shape index (κ3) is 4.75. The molecule has 1 aromatic rings. The van der Waals surface area contributed by atoms with Gasteiger partial charge in [0.25, 0.3) is 5.91 Å². The van der Waals surface area contributed by atoms with Gasteiger partial charge in [0.15, 0.2) is 0 Å². The molecular formula is C14H13Cl2F3N2O2. The summed E-state index contributed by atoms with van der Waals surface area (Å²) in [5, 5.41) is 4.35. The summed E-state index contributed by atoms with van der Waals surface area (Å²) in [7, 11) is 0. The highest BCUT2D eigenvalue weighted by Crippen LogP contribution is 2.53. The molecular weight excluding hydrogens is 356 g/mol. The molecule has 1 fully saturated rings. The van der Waals surface area contributed by atoms with E-state index in [1.54, 1.807) is 12.2 Å². The summed E-state index contributed by atoms with van der Waals surface area (Å²) in [6, 6.07) is 4.21. The SMILES string of the molecule is Cc1ccc(C(=O)NCC(F)(F)F)cc1NC(=O)C1CC1(Cl)Cl. The Morgan fingerprint density at radius 3 is 2.48 bits per heavy atom. The van der Waals surface area contributed by atoms with Gasteiger partial charge in [-0.25, -0.2) is 0 Å². The molecule has 0 heterocycles. The zero-order valence-corrected chi connectivity index (χ0v) is 13.4. The van der Waals surface area contributed by atoms with Gasteiger partial charge in [-0.1, -0.05) is 6.07 Å². The minimum Gasteiger partial charge on any atom is -0.343 e. The van der Waals surface area contributed by atoms with Crippen LogP contribution in [0.15, 0.2) is 18.2 Å². The average molecular weight is 369 g/mol. The van der Waals surface area contributed by atoms with E-state index in [2.05, 4.69) is 5.32 Å². The maximum Gasteiger partial charge on any atom is 0.405 e. The van der Waals surface area contributed by atoms with Crippen molar-refractivity contribution in [3.63, 3.8) is 0 Å². The Bertz CT molecular complexity index is 647. The molecule has 2 rings (SSSR count). The van der Waals surface area contributed by atoms with Crippen molar-refractivity contribution in [3.05, 3.63) is 29.3 Å². The molecule has 23 heavy (non-hydrogen) atoms. The molecule has 1 saturated carbocycles. The van der Waals surface area contributed by atoms with Crippen LogP contribution in [0.2, 0.25) is 0 Å². The van der Waals surface area contributed by atoms with E-state index in [-0.39, 0.29) is 5.56 Å². The molecule has 0 radical (unpaired) electrons. The van der Waals surface area contributed by atoms with Crippen LogP contribution in [0.25, 0.3) is 0 Å². The standard InChI is InChI=1S/C14H13Cl2F3N2O2/c1-7-2-3-8(11(22)20-6-14(17,18)19)4-10(7)21-12(23)9-5-13(9,15)16/h2-4,9H,5-6H2,1H3,(H,20,22)(H,21,23). The summed E-state index contributed by atoms with van der Waals surface area (Å²) in [5.74, 6) is -1.83. The third-order valence-electron chi connectivity index (χ3n) is 3.35. The smallest absolute Gasteiger partial charge is 0.343 e. The predicted molar refractivity (Wildman–Crippen MR) is 80.7 cm³/mol. The summed E-state index contributed by atoms with van der Waals surface area (Å²) >= 11 is 11.6. The number of rotatable bonds is 4. The van der Waals surface area contributed by atoms with E-state index in [1.165, 1.54) is 18.2 Å². The van der Waals surface area contributed by atoms with Gasteiger partial charge in [0.1, 0.15) is 10.9 Å². The Kier molecular flexibility index (Phi) is 4.82. The average Bonchev–Trinajstić information content (AvgIpc) is 3.07. The predicted octanol–water partition coefficient (Wildman–Crippen LogP) is 3.42. The lowest BCUT2D eigenvalue weighted by Gasteiger charge is -2.12. The fourth-order valence-electron chi connectivity index (χ4n) is 1.90. The number of halogens is 5. The summed E-state index contributed by atoms with van der Waals surface area (Å²) in [5.41, 5.74) is 0.987. The lowest BCUT2D eigenvalue weighted by molar-refractivity contribution is -0.123. The van der Waals surface area contributed by atoms with Crippen molar-refractivity contribution in [1.29, 1.82) is 0 Å². The minimum atomic E-state index is -4.49. The largest absolute Gasteiger partial charge is 0.405 e. The van der Waals surface area contributed by atoms with Crippen molar-refractivity contribution >= 4 is 40.7 Å². The molecule has 9 heteroatoms. The molecule has 1 unspecified atom stereocenters. The highest BCUT2D eigenvalue weighted by molar-refractivity contribution is 6.52. The third-order valence-corrected chi connectivity index (χ3v) is 4.18. The van der Waals surface area contributed by atoms with Gasteiger partial charge in [-0.15, -0.1) is 23.2 Å². The number of alkyl halides is 5. The monoisotopic (exact) mass is 368 g/mol. The van der Waals surface area contributed by atoms with Gasteiger partial charge in [-0.2, -0.15) is 13.2 Å². The van der Waals surface area contributed by atoms with Crippen LogP contribution in [0.5, 0.6) is 0 Å². The molecule has 1 atom stereocenters. The number of nitrogens with one attached hydrogen (secondary N) is 2. The maximum absolute atomic E-state index is 12.1. The van der Waals surface area contributed by atoms with Gasteiger partial charge in [0.05, 0.1) is 5.92 Å². The van der Waals surface area contributed by atoms with Crippen molar-refractivity contribution in [2.75, 3.05) is 11.9 Å². The van der Waals surface area contributed by atoms with Crippen LogP contribution in [0.3, 0.4) is 0 Å². The van der Waals surface area contributed by atoms with Crippen molar-refractivity contribution in [3.8, 4) is 0 Å². The molecule has 0 bridgehead atoms. The Hall–Kier alpha value is -1.47. The molecule has 0 saturated heterocycles. The summed E-state index contributed by atoms with van der Waals surface area (Å²) in [4.78, 5) is 23.7. The van der Waals surface area contributed by atoms with Crippen LogP contribution < -0.4 is 10.6 Å². The number of hydrogen-bond donors (Lipinski definition) is 2. The van der Waals surface area contributed by atoms with E-state index in [9.17, 15) is 22.8 Å². The summed E-state index contributed by atoms with van der Waals surface area (Å²) < 4.78 is 35.3. The molecule has 1 aromatic carbocycles. The van der Waals surface area contributed by atoms with E-state index in [0.717, 1.165) is 0 Å². The summed E-state index contributed by atoms with van der Waals surface area (Å²) in [6.07, 6.45) is -4.17. The Labute approximate surface area is 140 Å². The topological polar surface area (TPSA) is 58.2 Å². The van der Waals surface area contributed by atoms with Gasteiger partial charge in [0, 0.05) is 11.3 Å². The molecule has 0 aromatic heterocycles. The van der Waals surface area contributed by atoms with Gasteiger partial charge in [-0.05, 0) is 31.0 Å². The van der Waals surface area contributed by atoms with Crippen molar-refractivity contribution < 1.29 is 22.8 Å². The van der Waals surface area contributed by atoms with Gasteiger partial charge < -0.3 is 10.6 Å². The fourth-order valence-corrected chi connectivity index (χ4v) is 2.40. The van der Waals surface area contributed by atoms with Crippen LogP contribution in [0.4, 0.5) is 18.9 Å². The Morgan fingerprint density at radius 1 is 1.35 bits per heavy atom. The normalized spacial score (nSPS) is 19.1. The fraction of sp³-hybridized carbons (Fsp3) is 0.429. The van der Waals surface area contributed by atoms with Crippen LogP contribution in [-0.2, 0) is 4.79 Å². The summed E-state index contributed by atoms with van der Waals surface area (Å²) in [6.45, 7) is 0.263. The second-order valence-electron chi connectivity index (χ2n) is 5.33. The minimum absolute atomic E-state index is 0.00829. The van der Waals surface area contributed by atoms with Gasteiger partial charge in [-0.3, -0.25) is 9.59 Å². The lowest BCUT2D eigenvalue weighted by Crippen LogP contribution is -2.33. The molecule has 2 amide bonds. The Balaban J connectivity index is 2.07. The number of carbonyl (C=O) groups is 2. The highest BCUT2D eigenvalue weighted by Gasteiger charge is 2.56. The van der Waals surface area contributed by atoms with Crippen molar-refractivity contribution in [2.24, 2.45) is 5.92 Å². The molecule has 1 aliphatic carbocycles. The molecule has 2 N–H and O–H groups in total. The first kappa shape index (κ1) is 17.9. The quantitative estimate of drug-likeness (QED) is 0.800. The van der Waals surface area contributed by atoms with E-state index >= 15 is 0 Å². The molecule has 126 valence electrons. The second kappa shape index (κ2) is 6.20. The molecule has 1 aliphatic rings. The Morgan fingerprint density at radius 2 is 1.96 bits per heavy atom. The van der Waals surface area contributed by atoms with E-state index < -0.39 is 34.8 Å². The highest BCUT2D eigenvalue weighted by atomic mass is 35.5. The van der Waals surface area contributed by atoms with E-state index in [1.807, 2.05) is 0 Å². The second-order valence-corrected chi connectivity index (χ2v) is 6.88. The number of benzene rings is 1.